The number of halogens is 1. The van der Waals surface area contributed by atoms with Crippen molar-refractivity contribution >= 4 is 5.82 Å². The Hall–Kier alpha value is -3.79. The Bertz CT molecular complexity index is 952. The Labute approximate surface area is 175 Å². The number of hydrogen-bond donors (Lipinski definition) is 0. The lowest BCUT2D eigenvalue weighted by molar-refractivity contribution is 0.363. The van der Waals surface area contributed by atoms with Crippen LogP contribution < -0.4 is 19.1 Å². The van der Waals surface area contributed by atoms with Gasteiger partial charge in [-0.15, -0.1) is 0 Å². The van der Waals surface area contributed by atoms with Crippen LogP contribution in [0.4, 0.5) is 10.2 Å². The van der Waals surface area contributed by atoms with Gasteiger partial charge in [-0.1, -0.05) is 24.3 Å². The molecule has 0 fully saturated rings. The molecule has 1 aromatic heterocycles. The zero-order valence-corrected chi connectivity index (χ0v) is 16.8. The molecule has 6 nitrogen and oxygen atoms in total. The summed E-state index contributed by atoms with van der Waals surface area (Å²) in [6, 6.07) is 18.3. The molecule has 0 bridgehead atoms. The van der Waals surface area contributed by atoms with Crippen LogP contribution in [0.25, 0.3) is 0 Å². The second-order valence-corrected chi connectivity index (χ2v) is 6.48. The van der Waals surface area contributed by atoms with E-state index in [4.69, 9.17) is 19.5 Å². The van der Waals surface area contributed by atoms with Crippen molar-refractivity contribution in [2.24, 2.45) is 0 Å². The lowest BCUT2D eigenvalue weighted by atomic mass is 10.1. The summed E-state index contributed by atoms with van der Waals surface area (Å²) in [6.07, 6.45) is 1.42. The maximum absolute atomic E-state index is 14.9. The van der Waals surface area contributed by atoms with Crippen LogP contribution in [0, 0.1) is 17.1 Å². The maximum Gasteiger partial charge on any atom is 0.174 e. The van der Waals surface area contributed by atoms with Crippen LogP contribution in [0.15, 0.2) is 60.8 Å². The van der Waals surface area contributed by atoms with Crippen molar-refractivity contribution in [2.45, 2.75) is 13.1 Å². The first-order chi connectivity index (χ1) is 14.6. The van der Waals surface area contributed by atoms with Crippen molar-refractivity contribution in [3.63, 3.8) is 0 Å². The van der Waals surface area contributed by atoms with Crippen molar-refractivity contribution in [3.8, 4) is 23.3 Å². The van der Waals surface area contributed by atoms with E-state index < -0.39 is 5.82 Å². The highest BCUT2D eigenvalue weighted by molar-refractivity contribution is 5.45. The fourth-order valence-electron chi connectivity index (χ4n) is 2.95. The standard InChI is InChI=1S/C23H22FN3O3/c1-28-19-7-3-17(4-8-19)15-27(16-18-5-9-20(29-2)10-6-18)23-22(24)13-21(14-26-23)30-12-11-25/h3-10,13-14H,12,15-16H2,1-2H3. The Morgan fingerprint density at radius 1 is 0.900 bits per heavy atom. The molecule has 0 saturated heterocycles. The van der Waals surface area contributed by atoms with Gasteiger partial charge in [0, 0.05) is 19.2 Å². The molecular weight excluding hydrogens is 385 g/mol. The van der Waals surface area contributed by atoms with Gasteiger partial charge in [0.05, 0.1) is 20.4 Å². The van der Waals surface area contributed by atoms with Gasteiger partial charge in [0.2, 0.25) is 0 Å². The van der Waals surface area contributed by atoms with Crippen molar-refractivity contribution < 1.29 is 18.6 Å². The molecular formula is C23H22FN3O3. The molecule has 3 aromatic rings. The van der Waals surface area contributed by atoms with Crippen molar-refractivity contribution in [2.75, 3.05) is 25.7 Å². The van der Waals surface area contributed by atoms with Gasteiger partial charge in [-0.2, -0.15) is 5.26 Å². The van der Waals surface area contributed by atoms with E-state index in [-0.39, 0.29) is 18.2 Å². The lowest BCUT2D eigenvalue weighted by Crippen LogP contribution is -2.24. The second-order valence-electron chi connectivity index (χ2n) is 6.48. The molecule has 0 radical (unpaired) electrons. The third-order valence-electron chi connectivity index (χ3n) is 4.46. The molecule has 0 N–H and O–H groups in total. The van der Waals surface area contributed by atoms with Gasteiger partial charge >= 0.3 is 0 Å². The Balaban J connectivity index is 1.88. The summed E-state index contributed by atoms with van der Waals surface area (Å²) in [5, 5.41) is 8.63. The fourth-order valence-corrected chi connectivity index (χ4v) is 2.95. The predicted octanol–water partition coefficient (Wildman–Crippen LogP) is 4.35. The summed E-state index contributed by atoms with van der Waals surface area (Å²) in [7, 11) is 3.22. The van der Waals surface area contributed by atoms with E-state index in [9.17, 15) is 4.39 Å². The summed E-state index contributed by atoms with van der Waals surface area (Å²) in [5.74, 6) is 1.40. The number of rotatable bonds is 9. The molecule has 30 heavy (non-hydrogen) atoms. The van der Waals surface area contributed by atoms with Crippen LogP contribution in [0.1, 0.15) is 11.1 Å². The Morgan fingerprint density at radius 3 is 1.87 bits per heavy atom. The second kappa shape index (κ2) is 10.1. The number of hydrogen-bond acceptors (Lipinski definition) is 6. The molecule has 154 valence electrons. The molecule has 1 heterocycles. The zero-order chi connectivity index (χ0) is 21.3. The molecule has 0 unspecified atom stereocenters. The third kappa shape index (κ3) is 5.39. The van der Waals surface area contributed by atoms with E-state index in [0.717, 1.165) is 22.6 Å². The number of ether oxygens (including phenoxy) is 3. The highest BCUT2D eigenvalue weighted by atomic mass is 19.1. The zero-order valence-electron chi connectivity index (χ0n) is 16.8. The van der Waals surface area contributed by atoms with Crippen LogP contribution in [-0.4, -0.2) is 25.8 Å². The summed E-state index contributed by atoms with van der Waals surface area (Å²) in [6.45, 7) is 0.721. The first-order valence-corrected chi connectivity index (χ1v) is 9.29. The highest BCUT2D eigenvalue weighted by Gasteiger charge is 2.16. The van der Waals surface area contributed by atoms with Crippen molar-refractivity contribution in [3.05, 3.63) is 77.7 Å². The normalized spacial score (nSPS) is 10.2. The number of anilines is 1. The SMILES string of the molecule is COc1ccc(CN(Cc2ccc(OC)cc2)c2ncc(OCC#N)cc2F)cc1. The minimum atomic E-state index is -0.521. The quantitative estimate of drug-likeness (QED) is 0.525. The third-order valence-corrected chi connectivity index (χ3v) is 4.46. The predicted molar refractivity (Wildman–Crippen MR) is 111 cm³/mol. The minimum Gasteiger partial charge on any atom is -0.497 e. The summed E-state index contributed by atoms with van der Waals surface area (Å²) in [4.78, 5) is 6.10. The number of aromatic nitrogens is 1. The van der Waals surface area contributed by atoms with E-state index in [0.29, 0.717) is 13.1 Å². The van der Waals surface area contributed by atoms with Gasteiger partial charge < -0.3 is 19.1 Å². The molecule has 2 aromatic carbocycles. The summed E-state index contributed by atoms with van der Waals surface area (Å²) >= 11 is 0. The van der Waals surface area contributed by atoms with Gasteiger partial charge in [-0.3, -0.25) is 0 Å². The van der Waals surface area contributed by atoms with Crippen LogP contribution in [0.5, 0.6) is 17.2 Å². The van der Waals surface area contributed by atoms with E-state index >= 15 is 0 Å². The topological polar surface area (TPSA) is 67.6 Å². The minimum absolute atomic E-state index is 0.165. The van der Waals surface area contributed by atoms with Gasteiger partial charge in [0.15, 0.2) is 18.2 Å². The molecule has 3 rings (SSSR count). The number of pyridine rings is 1. The first-order valence-electron chi connectivity index (χ1n) is 9.29. The maximum atomic E-state index is 14.9. The first kappa shape index (κ1) is 20.9. The van der Waals surface area contributed by atoms with E-state index in [1.54, 1.807) is 14.2 Å². The van der Waals surface area contributed by atoms with Crippen LogP contribution >= 0.6 is 0 Å². The molecule has 0 aliphatic carbocycles. The van der Waals surface area contributed by atoms with Crippen LogP contribution in [0.2, 0.25) is 0 Å². The monoisotopic (exact) mass is 407 g/mol. The smallest absolute Gasteiger partial charge is 0.174 e. The van der Waals surface area contributed by atoms with Gasteiger partial charge in [-0.05, 0) is 35.4 Å². The van der Waals surface area contributed by atoms with Gasteiger partial charge in [0.25, 0.3) is 0 Å². The number of methoxy groups -OCH3 is 2. The summed E-state index contributed by atoms with van der Waals surface area (Å²) in [5.41, 5.74) is 1.96. The van der Waals surface area contributed by atoms with Crippen LogP contribution in [0.3, 0.4) is 0 Å². The molecule has 0 saturated carbocycles. The van der Waals surface area contributed by atoms with E-state index in [2.05, 4.69) is 4.98 Å². The molecule has 0 spiro atoms. The van der Waals surface area contributed by atoms with Crippen molar-refractivity contribution in [1.82, 2.24) is 4.98 Å². The van der Waals surface area contributed by atoms with E-state index in [1.165, 1.54) is 12.3 Å². The van der Waals surface area contributed by atoms with Crippen LogP contribution in [-0.2, 0) is 13.1 Å². The number of nitrogens with zero attached hydrogens (tertiary/aromatic N) is 3. The van der Waals surface area contributed by atoms with E-state index in [1.807, 2.05) is 59.5 Å². The molecule has 7 heteroatoms. The highest BCUT2D eigenvalue weighted by Crippen LogP contribution is 2.25. The average molecular weight is 407 g/mol. The fraction of sp³-hybridized carbons (Fsp3) is 0.217. The molecule has 0 atom stereocenters. The molecule has 0 amide bonds. The lowest BCUT2D eigenvalue weighted by Gasteiger charge is -2.25. The Morgan fingerprint density at radius 2 is 1.43 bits per heavy atom. The van der Waals surface area contributed by atoms with Gasteiger partial charge in [0.1, 0.15) is 23.3 Å². The van der Waals surface area contributed by atoms with Gasteiger partial charge in [-0.25, -0.2) is 9.37 Å². The largest absolute Gasteiger partial charge is 0.497 e. The molecule has 0 aliphatic heterocycles. The van der Waals surface area contributed by atoms with Crippen molar-refractivity contribution in [1.29, 1.82) is 5.26 Å². The molecule has 0 aliphatic rings. The number of nitriles is 1. The average Bonchev–Trinajstić information content (AvgIpc) is 2.78. The number of benzene rings is 2. The Kier molecular flexibility index (Phi) is 7.06. The summed E-state index contributed by atoms with van der Waals surface area (Å²) < 4.78 is 30.4.